The van der Waals surface area contributed by atoms with Gasteiger partial charge < -0.3 is 15.1 Å². The Kier molecular flexibility index (Phi) is 7.91. The van der Waals surface area contributed by atoms with E-state index in [0.29, 0.717) is 18.0 Å². The van der Waals surface area contributed by atoms with E-state index in [1.807, 2.05) is 35.2 Å². The third-order valence-electron chi connectivity index (χ3n) is 5.43. The summed E-state index contributed by atoms with van der Waals surface area (Å²) in [4.78, 5) is 29.5. The van der Waals surface area contributed by atoms with E-state index < -0.39 is 0 Å². The number of nitrogens with zero attached hydrogens (tertiary/aromatic N) is 2. The molecule has 2 fully saturated rings. The maximum absolute atomic E-state index is 13.0. The molecule has 26 heavy (non-hydrogen) atoms. The minimum absolute atomic E-state index is 0. The van der Waals surface area contributed by atoms with Gasteiger partial charge in [-0.3, -0.25) is 9.59 Å². The summed E-state index contributed by atoms with van der Waals surface area (Å²) in [6.07, 6.45) is 3.80. The number of rotatable bonds is 5. The number of halogens is 1. The number of carbonyl (C=O) groups is 2. The monoisotopic (exact) mass is 379 g/mol. The minimum Gasteiger partial charge on any atom is -0.341 e. The van der Waals surface area contributed by atoms with Gasteiger partial charge in [0.25, 0.3) is 5.91 Å². The van der Waals surface area contributed by atoms with Gasteiger partial charge in [0.1, 0.15) is 6.04 Å². The highest BCUT2D eigenvalue weighted by Crippen LogP contribution is 2.24. The maximum Gasteiger partial charge on any atom is 0.254 e. The smallest absolute Gasteiger partial charge is 0.254 e. The fourth-order valence-electron chi connectivity index (χ4n) is 3.93. The maximum atomic E-state index is 13.0. The number of hydrogen-bond acceptors (Lipinski definition) is 3. The predicted molar refractivity (Wildman–Crippen MR) is 106 cm³/mol. The van der Waals surface area contributed by atoms with Crippen molar-refractivity contribution in [1.29, 1.82) is 0 Å². The first-order valence-corrected chi connectivity index (χ1v) is 9.56. The van der Waals surface area contributed by atoms with Crippen LogP contribution in [0.5, 0.6) is 0 Å². The molecule has 0 spiro atoms. The van der Waals surface area contributed by atoms with Crippen LogP contribution in [0, 0.1) is 5.92 Å². The van der Waals surface area contributed by atoms with Crippen LogP contribution in [0.4, 0.5) is 0 Å². The van der Waals surface area contributed by atoms with E-state index >= 15 is 0 Å². The Morgan fingerprint density at radius 1 is 1.08 bits per heavy atom. The van der Waals surface area contributed by atoms with Gasteiger partial charge >= 0.3 is 0 Å². The Balaban J connectivity index is 0.00000243. The lowest BCUT2D eigenvalue weighted by Crippen LogP contribution is -2.50. The molecule has 0 aromatic heterocycles. The van der Waals surface area contributed by atoms with Crippen molar-refractivity contribution in [2.45, 2.75) is 38.6 Å². The lowest BCUT2D eigenvalue weighted by atomic mass is 9.96. The van der Waals surface area contributed by atoms with Gasteiger partial charge in [-0.15, -0.1) is 12.4 Å². The fraction of sp³-hybridized carbons (Fsp3) is 0.600. The van der Waals surface area contributed by atoms with Gasteiger partial charge in [-0.2, -0.15) is 0 Å². The van der Waals surface area contributed by atoms with E-state index in [1.54, 1.807) is 4.90 Å². The zero-order valence-corrected chi connectivity index (χ0v) is 16.3. The quantitative estimate of drug-likeness (QED) is 0.855. The Hall–Kier alpha value is -1.59. The molecule has 1 N–H and O–H groups in total. The number of carbonyl (C=O) groups excluding carboxylic acids is 2. The molecular formula is C20H30ClN3O2. The topological polar surface area (TPSA) is 52.7 Å². The van der Waals surface area contributed by atoms with E-state index in [4.69, 9.17) is 0 Å². The number of likely N-dealkylation sites (tertiary alicyclic amines) is 2. The SMILES string of the molecule is CCNCC1CCN(C(=O)C2CCCN2C(=O)c2ccccc2)CC1.Cl. The Labute approximate surface area is 162 Å². The van der Waals surface area contributed by atoms with Crippen LogP contribution in [0.1, 0.15) is 43.0 Å². The molecule has 1 aromatic carbocycles. The van der Waals surface area contributed by atoms with Crippen LogP contribution >= 0.6 is 12.4 Å². The van der Waals surface area contributed by atoms with Crippen molar-refractivity contribution in [3.8, 4) is 0 Å². The van der Waals surface area contributed by atoms with Crippen LogP contribution < -0.4 is 5.32 Å². The summed E-state index contributed by atoms with van der Waals surface area (Å²) in [6.45, 7) is 6.48. The molecule has 0 saturated carbocycles. The highest BCUT2D eigenvalue weighted by molar-refractivity contribution is 5.97. The first-order chi connectivity index (χ1) is 12.2. The second-order valence-corrected chi connectivity index (χ2v) is 7.10. The van der Waals surface area contributed by atoms with Crippen LogP contribution in [0.3, 0.4) is 0 Å². The zero-order chi connectivity index (χ0) is 17.6. The number of benzene rings is 1. The van der Waals surface area contributed by atoms with Gasteiger partial charge in [-0.25, -0.2) is 0 Å². The van der Waals surface area contributed by atoms with Gasteiger partial charge in [0.05, 0.1) is 0 Å². The van der Waals surface area contributed by atoms with Crippen molar-refractivity contribution in [2.24, 2.45) is 5.92 Å². The third-order valence-corrected chi connectivity index (χ3v) is 5.43. The second kappa shape index (κ2) is 9.93. The molecule has 2 heterocycles. The number of piperidine rings is 1. The summed E-state index contributed by atoms with van der Waals surface area (Å²) in [5.41, 5.74) is 0.673. The molecule has 0 aliphatic carbocycles. The molecule has 144 valence electrons. The average molecular weight is 380 g/mol. The van der Waals surface area contributed by atoms with Gasteiger partial charge in [-0.1, -0.05) is 25.1 Å². The highest BCUT2D eigenvalue weighted by Gasteiger charge is 2.37. The minimum atomic E-state index is -0.280. The summed E-state index contributed by atoms with van der Waals surface area (Å²) < 4.78 is 0. The molecule has 6 heteroatoms. The molecule has 1 atom stereocenters. The van der Waals surface area contributed by atoms with Gasteiger partial charge in [-0.05, 0) is 56.8 Å². The predicted octanol–water partition coefficient (Wildman–Crippen LogP) is 2.56. The van der Waals surface area contributed by atoms with E-state index in [9.17, 15) is 9.59 Å². The van der Waals surface area contributed by atoms with Gasteiger partial charge in [0.2, 0.25) is 5.91 Å². The summed E-state index contributed by atoms with van der Waals surface area (Å²) >= 11 is 0. The largest absolute Gasteiger partial charge is 0.341 e. The van der Waals surface area contributed by atoms with Crippen molar-refractivity contribution in [3.63, 3.8) is 0 Å². The first kappa shape index (κ1) is 20.7. The second-order valence-electron chi connectivity index (χ2n) is 7.10. The van der Waals surface area contributed by atoms with Crippen molar-refractivity contribution in [1.82, 2.24) is 15.1 Å². The first-order valence-electron chi connectivity index (χ1n) is 9.56. The Morgan fingerprint density at radius 2 is 1.77 bits per heavy atom. The number of hydrogen-bond donors (Lipinski definition) is 1. The lowest BCUT2D eigenvalue weighted by molar-refractivity contribution is -0.136. The molecule has 1 aromatic rings. The molecular weight excluding hydrogens is 350 g/mol. The van der Waals surface area contributed by atoms with E-state index in [2.05, 4.69) is 12.2 Å². The van der Waals surface area contributed by atoms with Crippen LogP contribution in [-0.2, 0) is 4.79 Å². The Morgan fingerprint density at radius 3 is 2.42 bits per heavy atom. The van der Waals surface area contributed by atoms with Crippen molar-refractivity contribution < 1.29 is 9.59 Å². The molecule has 5 nitrogen and oxygen atoms in total. The molecule has 2 saturated heterocycles. The molecule has 0 bridgehead atoms. The standard InChI is InChI=1S/C20H29N3O2.ClH/c1-2-21-15-16-10-13-22(14-11-16)20(25)18-9-6-12-23(18)19(24)17-7-4-3-5-8-17;/h3-5,7-8,16,18,21H,2,6,9-15H2,1H3;1H. The summed E-state index contributed by atoms with van der Waals surface area (Å²) in [7, 11) is 0. The van der Waals surface area contributed by atoms with Crippen LogP contribution in [0.25, 0.3) is 0 Å². The summed E-state index contributed by atoms with van der Waals surface area (Å²) in [5, 5.41) is 3.40. The molecule has 2 aliphatic rings. The third kappa shape index (κ3) is 4.77. The van der Waals surface area contributed by atoms with E-state index in [-0.39, 0.29) is 30.3 Å². The fourth-order valence-corrected chi connectivity index (χ4v) is 3.93. The Bertz CT molecular complexity index is 588. The normalized spacial score (nSPS) is 20.7. The van der Waals surface area contributed by atoms with E-state index in [0.717, 1.165) is 51.9 Å². The average Bonchev–Trinajstić information content (AvgIpc) is 3.16. The van der Waals surface area contributed by atoms with Crippen molar-refractivity contribution >= 4 is 24.2 Å². The number of nitrogens with one attached hydrogen (secondary N) is 1. The molecule has 2 amide bonds. The van der Waals surface area contributed by atoms with Crippen molar-refractivity contribution in [2.75, 3.05) is 32.7 Å². The van der Waals surface area contributed by atoms with Gasteiger partial charge in [0, 0.05) is 25.2 Å². The van der Waals surface area contributed by atoms with Crippen molar-refractivity contribution in [3.05, 3.63) is 35.9 Å². The lowest BCUT2D eigenvalue weighted by Gasteiger charge is -2.35. The van der Waals surface area contributed by atoms with Gasteiger partial charge in [0.15, 0.2) is 0 Å². The summed E-state index contributed by atoms with van der Waals surface area (Å²) in [6, 6.07) is 9.02. The highest BCUT2D eigenvalue weighted by atomic mass is 35.5. The number of amides is 2. The molecule has 0 radical (unpaired) electrons. The molecule has 1 unspecified atom stereocenters. The van der Waals surface area contributed by atoms with Crippen LogP contribution in [-0.4, -0.2) is 60.4 Å². The molecule has 3 rings (SSSR count). The summed E-state index contributed by atoms with van der Waals surface area (Å²) in [5.74, 6) is 0.789. The van der Waals surface area contributed by atoms with Crippen LogP contribution in [0.15, 0.2) is 30.3 Å². The van der Waals surface area contributed by atoms with E-state index in [1.165, 1.54) is 0 Å². The van der Waals surface area contributed by atoms with Crippen LogP contribution in [0.2, 0.25) is 0 Å². The zero-order valence-electron chi connectivity index (χ0n) is 15.5. The molecule has 2 aliphatic heterocycles.